The molecule has 178 valence electrons. The maximum absolute atomic E-state index is 12.5. The zero-order chi connectivity index (χ0) is 24.4. The van der Waals surface area contributed by atoms with Gasteiger partial charge in [0.15, 0.2) is 6.61 Å². The first kappa shape index (κ1) is 25.8. The van der Waals surface area contributed by atoms with Gasteiger partial charge in [-0.15, -0.1) is 0 Å². The molecule has 0 bridgehead atoms. The Morgan fingerprint density at radius 1 is 1.00 bits per heavy atom. The Kier molecular flexibility index (Phi) is 9.37. The third-order valence-electron chi connectivity index (χ3n) is 4.57. The second kappa shape index (κ2) is 12.0. The van der Waals surface area contributed by atoms with Gasteiger partial charge in [-0.3, -0.25) is 14.4 Å². The number of anilines is 1. The number of ether oxygens (including phenoxy) is 2. The molecule has 2 aromatic rings. The van der Waals surface area contributed by atoms with Crippen LogP contribution in [0.25, 0.3) is 0 Å². The van der Waals surface area contributed by atoms with Crippen molar-refractivity contribution in [2.75, 3.05) is 38.7 Å². The molecule has 2 amide bonds. The zero-order valence-corrected chi connectivity index (χ0v) is 19.5. The summed E-state index contributed by atoms with van der Waals surface area (Å²) in [6.45, 7) is 3.17. The quantitative estimate of drug-likeness (QED) is 0.470. The smallest absolute Gasteiger partial charge is 0.325 e. The highest BCUT2D eigenvalue weighted by atomic mass is 32.2. The molecule has 0 atom stereocenters. The van der Waals surface area contributed by atoms with Crippen LogP contribution >= 0.6 is 0 Å². The lowest BCUT2D eigenvalue weighted by Crippen LogP contribution is -2.32. The number of sulfonamides is 1. The molecular formula is C22H27N3O7S. The molecule has 0 fully saturated rings. The van der Waals surface area contributed by atoms with E-state index in [0.29, 0.717) is 24.5 Å². The van der Waals surface area contributed by atoms with Gasteiger partial charge in [-0.2, -0.15) is 4.31 Å². The minimum absolute atomic E-state index is 0.0733. The van der Waals surface area contributed by atoms with E-state index in [9.17, 15) is 22.8 Å². The van der Waals surface area contributed by atoms with Crippen LogP contribution in [-0.2, 0) is 24.3 Å². The molecule has 0 unspecified atom stereocenters. The van der Waals surface area contributed by atoms with Crippen molar-refractivity contribution >= 4 is 33.5 Å². The number of nitrogens with one attached hydrogen (secondary N) is 2. The topological polar surface area (TPSA) is 131 Å². The number of esters is 1. The predicted molar refractivity (Wildman–Crippen MR) is 121 cm³/mol. The van der Waals surface area contributed by atoms with Crippen molar-refractivity contribution < 1.29 is 32.3 Å². The van der Waals surface area contributed by atoms with Gasteiger partial charge in [-0.25, -0.2) is 8.42 Å². The number of methoxy groups -OCH3 is 1. The van der Waals surface area contributed by atoms with Gasteiger partial charge in [0.2, 0.25) is 10.0 Å². The normalized spacial score (nSPS) is 11.0. The summed E-state index contributed by atoms with van der Waals surface area (Å²) in [6, 6.07) is 12.1. The minimum Gasteiger partial charge on any atom is -0.497 e. The van der Waals surface area contributed by atoms with Crippen molar-refractivity contribution in [2.24, 2.45) is 0 Å². The number of hydrogen-bond donors (Lipinski definition) is 2. The highest BCUT2D eigenvalue weighted by Gasteiger charge is 2.21. The van der Waals surface area contributed by atoms with Gasteiger partial charge < -0.3 is 20.1 Å². The Bertz CT molecular complexity index is 1080. The molecule has 2 aromatic carbocycles. The number of nitrogens with zero attached hydrogens (tertiary/aromatic N) is 1. The average Bonchev–Trinajstić information content (AvgIpc) is 2.82. The van der Waals surface area contributed by atoms with E-state index in [0.717, 1.165) is 0 Å². The summed E-state index contributed by atoms with van der Waals surface area (Å²) in [5, 5.41) is 4.93. The first-order chi connectivity index (χ1) is 15.7. The van der Waals surface area contributed by atoms with E-state index in [-0.39, 0.29) is 10.5 Å². The number of carbonyl (C=O) groups excluding carboxylic acids is 3. The molecule has 2 N–H and O–H groups in total. The molecule has 2 rings (SSSR count). The third-order valence-corrected chi connectivity index (χ3v) is 6.63. The lowest BCUT2D eigenvalue weighted by molar-refractivity contribution is -0.146. The summed E-state index contributed by atoms with van der Waals surface area (Å²) in [5.74, 6) is -1.37. The van der Waals surface area contributed by atoms with E-state index in [1.165, 1.54) is 35.7 Å². The van der Waals surface area contributed by atoms with E-state index >= 15 is 0 Å². The monoisotopic (exact) mass is 477 g/mol. The molecule has 0 aromatic heterocycles. The number of carbonyl (C=O) groups is 3. The van der Waals surface area contributed by atoms with Crippen molar-refractivity contribution in [1.29, 1.82) is 0 Å². The van der Waals surface area contributed by atoms with Gasteiger partial charge >= 0.3 is 5.97 Å². The third kappa shape index (κ3) is 7.29. The van der Waals surface area contributed by atoms with Crippen molar-refractivity contribution in [2.45, 2.75) is 18.7 Å². The van der Waals surface area contributed by atoms with Gasteiger partial charge in [-0.05, 0) is 36.4 Å². The van der Waals surface area contributed by atoms with Crippen molar-refractivity contribution in [1.82, 2.24) is 9.62 Å². The molecule has 33 heavy (non-hydrogen) atoms. The van der Waals surface area contributed by atoms with Crippen LogP contribution in [0.5, 0.6) is 5.75 Å². The molecular weight excluding hydrogens is 450 g/mol. The fraction of sp³-hybridized carbons (Fsp3) is 0.318. The van der Waals surface area contributed by atoms with Gasteiger partial charge in [0.1, 0.15) is 12.3 Å². The average molecular weight is 478 g/mol. The molecule has 0 aliphatic carbocycles. The molecule has 0 saturated carbocycles. The lowest BCUT2D eigenvalue weighted by atomic mass is 10.2. The van der Waals surface area contributed by atoms with E-state index in [2.05, 4.69) is 10.6 Å². The molecule has 0 saturated heterocycles. The van der Waals surface area contributed by atoms with Crippen molar-refractivity contribution in [3.63, 3.8) is 0 Å². The standard InChI is InChI=1S/C22H27N3O7S/c1-4-25(5-2)33(29,30)19-11-9-16(10-12-19)22(28)23-14-21(27)32-15-20(26)24-17-7-6-8-18(13-17)31-3/h6-13H,4-5,14-15H2,1-3H3,(H,23,28)(H,24,26). The number of benzene rings is 2. The first-order valence-corrected chi connectivity index (χ1v) is 11.6. The Hall–Kier alpha value is -3.44. The van der Waals surface area contributed by atoms with Crippen LogP contribution in [-0.4, -0.2) is 63.9 Å². The number of hydrogen-bond acceptors (Lipinski definition) is 7. The summed E-state index contributed by atoms with van der Waals surface area (Å²) < 4.78 is 36.2. The van der Waals surface area contributed by atoms with Crippen molar-refractivity contribution in [3.05, 3.63) is 54.1 Å². The fourth-order valence-electron chi connectivity index (χ4n) is 2.84. The highest BCUT2D eigenvalue weighted by molar-refractivity contribution is 7.89. The van der Waals surface area contributed by atoms with Gasteiger partial charge in [0.25, 0.3) is 11.8 Å². The lowest BCUT2D eigenvalue weighted by Gasteiger charge is -2.18. The summed E-state index contributed by atoms with van der Waals surface area (Å²) in [4.78, 5) is 36.1. The predicted octanol–water partition coefficient (Wildman–Crippen LogP) is 1.64. The van der Waals surface area contributed by atoms with E-state index in [1.54, 1.807) is 38.1 Å². The zero-order valence-electron chi connectivity index (χ0n) is 18.7. The highest BCUT2D eigenvalue weighted by Crippen LogP contribution is 2.17. The van der Waals surface area contributed by atoms with E-state index in [1.807, 2.05) is 0 Å². The Morgan fingerprint density at radius 3 is 2.27 bits per heavy atom. The van der Waals surface area contributed by atoms with Crippen LogP contribution in [0.4, 0.5) is 5.69 Å². The van der Waals surface area contributed by atoms with Gasteiger partial charge in [0.05, 0.1) is 12.0 Å². The van der Waals surface area contributed by atoms with Crippen molar-refractivity contribution in [3.8, 4) is 5.75 Å². The summed E-state index contributed by atoms with van der Waals surface area (Å²) in [6.07, 6.45) is 0. The number of amides is 2. The molecule has 0 heterocycles. The molecule has 0 spiro atoms. The Balaban J connectivity index is 1.82. The van der Waals surface area contributed by atoms with Gasteiger partial charge in [0, 0.05) is 30.4 Å². The van der Waals surface area contributed by atoms with Crippen LogP contribution in [0.15, 0.2) is 53.4 Å². The molecule has 0 radical (unpaired) electrons. The largest absolute Gasteiger partial charge is 0.497 e. The van der Waals surface area contributed by atoms with Crippen LogP contribution in [0.3, 0.4) is 0 Å². The Labute approximate surface area is 192 Å². The maximum atomic E-state index is 12.5. The van der Waals surface area contributed by atoms with E-state index in [4.69, 9.17) is 9.47 Å². The molecule has 11 heteroatoms. The Morgan fingerprint density at radius 2 is 1.67 bits per heavy atom. The number of rotatable bonds is 11. The second-order valence-electron chi connectivity index (χ2n) is 6.74. The molecule has 0 aliphatic heterocycles. The maximum Gasteiger partial charge on any atom is 0.325 e. The molecule has 0 aliphatic rings. The molecule has 10 nitrogen and oxygen atoms in total. The van der Waals surface area contributed by atoms with Crippen LogP contribution in [0.1, 0.15) is 24.2 Å². The van der Waals surface area contributed by atoms with E-state index < -0.39 is 41.0 Å². The van der Waals surface area contributed by atoms with Gasteiger partial charge in [-0.1, -0.05) is 19.9 Å². The summed E-state index contributed by atoms with van der Waals surface area (Å²) in [5.41, 5.74) is 0.659. The summed E-state index contributed by atoms with van der Waals surface area (Å²) in [7, 11) is -2.13. The van der Waals surface area contributed by atoms with Crippen LogP contribution in [0, 0.1) is 0 Å². The van der Waals surface area contributed by atoms with Crippen LogP contribution < -0.4 is 15.4 Å². The van der Waals surface area contributed by atoms with Crippen LogP contribution in [0.2, 0.25) is 0 Å². The fourth-order valence-corrected chi connectivity index (χ4v) is 4.30. The SMILES string of the molecule is CCN(CC)S(=O)(=O)c1ccc(C(=O)NCC(=O)OCC(=O)Nc2cccc(OC)c2)cc1. The first-order valence-electron chi connectivity index (χ1n) is 10.2. The minimum atomic E-state index is -3.63. The summed E-state index contributed by atoms with van der Waals surface area (Å²) >= 11 is 0. The second-order valence-corrected chi connectivity index (χ2v) is 8.68.